The molecule has 0 bridgehead atoms. The first-order valence-corrected chi connectivity index (χ1v) is 6.72. The van der Waals surface area contributed by atoms with Crippen LogP contribution in [0.25, 0.3) is 0 Å². The molecule has 0 atom stereocenters. The minimum absolute atomic E-state index is 0.0839. The average Bonchev–Trinajstić information content (AvgIpc) is 2.52. The van der Waals surface area contributed by atoms with Crippen molar-refractivity contribution in [3.8, 4) is 5.75 Å². The maximum atomic E-state index is 13.2. The molecule has 0 spiro atoms. The Morgan fingerprint density at radius 1 is 1.13 bits per heavy atom. The fourth-order valence-electron chi connectivity index (χ4n) is 2.12. The molecular formula is C16H15F4NO2. The lowest BCUT2D eigenvalue weighted by molar-refractivity contribution is -0.140. The van der Waals surface area contributed by atoms with Crippen LogP contribution in [0, 0.1) is 5.82 Å². The smallest absolute Gasteiger partial charge is 0.419 e. The Morgan fingerprint density at radius 3 is 2.48 bits per heavy atom. The maximum absolute atomic E-state index is 13.2. The molecule has 2 aromatic carbocycles. The molecule has 2 aromatic rings. The summed E-state index contributed by atoms with van der Waals surface area (Å²) in [6.45, 7) is -0.145. The molecule has 0 radical (unpaired) electrons. The molecule has 0 aromatic heterocycles. The molecule has 0 aliphatic heterocycles. The summed E-state index contributed by atoms with van der Waals surface area (Å²) in [5, 5.41) is 12.2. The van der Waals surface area contributed by atoms with E-state index in [1.807, 2.05) is 0 Å². The minimum Gasteiger partial charge on any atom is -0.496 e. The SMILES string of the molecule is COc1ccc(NCc2ccc(F)c(C(F)(F)F)c2)cc1CO. The number of anilines is 1. The van der Waals surface area contributed by atoms with Gasteiger partial charge in [0, 0.05) is 17.8 Å². The lowest BCUT2D eigenvalue weighted by Crippen LogP contribution is -2.10. The van der Waals surface area contributed by atoms with Gasteiger partial charge in [0.1, 0.15) is 11.6 Å². The topological polar surface area (TPSA) is 41.5 Å². The van der Waals surface area contributed by atoms with Gasteiger partial charge in [0.25, 0.3) is 0 Å². The number of aliphatic hydroxyl groups excluding tert-OH is 1. The zero-order valence-corrected chi connectivity index (χ0v) is 12.2. The number of hydrogen-bond acceptors (Lipinski definition) is 3. The Balaban J connectivity index is 2.15. The van der Waals surface area contributed by atoms with E-state index in [0.717, 1.165) is 12.1 Å². The Hall–Kier alpha value is -2.28. The van der Waals surface area contributed by atoms with Crippen LogP contribution in [0.2, 0.25) is 0 Å². The Bertz CT molecular complexity index is 686. The molecule has 0 amide bonds. The van der Waals surface area contributed by atoms with Crippen LogP contribution in [-0.4, -0.2) is 12.2 Å². The van der Waals surface area contributed by atoms with E-state index in [0.29, 0.717) is 22.6 Å². The van der Waals surface area contributed by atoms with Crippen molar-refractivity contribution in [1.29, 1.82) is 0 Å². The highest BCUT2D eigenvalue weighted by Crippen LogP contribution is 2.32. The van der Waals surface area contributed by atoms with Gasteiger partial charge in [-0.15, -0.1) is 0 Å². The lowest BCUT2D eigenvalue weighted by Gasteiger charge is -2.13. The highest BCUT2D eigenvalue weighted by molar-refractivity contribution is 5.51. The molecule has 0 heterocycles. The van der Waals surface area contributed by atoms with E-state index < -0.39 is 17.6 Å². The van der Waals surface area contributed by atoms with Gasteiger partial charge in [-0.05, 0) is 35.9 Å². The third kappa shape index (κ3) is 4.13. The third-order valence-electron chi connectivity index (χ3n) is 3.28. The zero-order chi connectivity index (χ0) is 17.0. The number of ether oxygens (including phenoxy) is 1. The van der Waals surface area contributed by atoms with E-state index in [9.17, 15) is 22.7 Å². The molecule has 0 aliphatic rings. The van der Waals surface area contributed by atoms with Crippen LogP contribution in [0.5, 0.6) is 5.75 Å². The number of halogens is 4. The van der Waals surface area contributed by atoms with Gasteiger partial charge in [-0.1, -0.05) is 6.07 Å². The summed E-state index contributed by atoms with van der Waals surface area (Å²) in [7, 11) is 1.47. The van der Waals surface area contributed by atoms with Crippen LogP contribution in [0.1, 0.15) is 16.7 Å². The Morgan fingerprint density at radius 2 is 1.87 bits per heavy atom. The zero-order valence-electron chi connectivity index (χ0n) is 12.2. The van der Waals surface area contributed by atoms with E-state index in [1.54, 1.807) is 18.2 Å². The van der Waals surface area contributed by atoms with E-state index in [1.165, 1.54) is 13.2 Å². The van der Waals surface area contributed by atoms with Gasteiger partial charge >= 0.3 is 6.18 Å². The van der Waals surface area contributed by atoms with Crippen LogP contribution in [0.4, 0.5) is 23.2 Å². The fourth-order valence-corrected chi connectivity index (χ4v) is 2.12. The number of hydrogen-bond donors (Lipinski definition) is 2. The van der Waals surface area contributed by atoms with E-state index in [2.05, 4.69) is 5.32 Å². The van der Waals surface area contributed by atoms with E-state index >= 15 is 0 Å². The second kappa shape index (κ2) is 6.87. The molecule has 0 fully saturated rings. The van der Waals surface area contributed by atoms with Gasteiger partial charge in [0.2, 0.25) is 0 Å². The third-order valence-corrected chi connectivity index (χ3v) is 3.28. The van der Waals surface area contributed by atoms with Gasteiger partial charge in [0.05, 0.1) is 19.3 Å². The number of methoxy groups -OCH3 is 1. The molecule has 0 saturated heterocycles. The van der Waals surface area contributed by atoms with Gasteiger partial charge in [-0.3, -0.25) is 0 Å². The first-order chi connectivity index (χ1) is 10.8. The first kappa shape index (κ1) is 17.1. The monoisotopic (exact) mass is 329 g/mol. The van der Waals surface area contributed by atoms with Crippen molar-refractivity contribution in [1.82, 2.24) is 0 Å². The van der Waals surface area contributed by atoms with Gasteiger partial charge in [-0.2, -0.15) is 13.2 Å². The molecule has 2 N–H and O–H groups in total. The summed E-state index contributed by atoms with van der Waals surface area (Å²) in [5.74, 6) is -0.785. The van der Waals surface area contributed by atoms with E-state index in [4.69, 9.17) is 4.74 Å². The number of benzene rings is 2. The van der Waals surface area contributed by atoms with Gasteiger partial charge in [-0.25, -0.2) is 4.39 Å². The Kier molecular flexibility index (Phi) is 5.10. The minimum atomic E-state index is -4.73. The molecular weight excluding hydrogens is 314 g/mol. The van der Waals surface area contributed by atoms with Gasteiger partial charge < -0.3 is 15.2 Å². The highest BCUT2D eigenvalue weighted by Gasteiger charge is 2.34. The average molecular weight is 329 g/mol. The van der Waals surface area contributed by atoms with Crippen LogP contribution in [0.15, 0.2) is 36.4 Å². The van der Waals surface area contributed by atoms with Gasteiger partial charge in [0.15, 0.2) is 0 Å². The normalized spacial score (nSPS) is 11.4. The number of nitrogens with one attached hydrogen (secondary N) is 1. The molecule has 2 rings (SSSR count). The summed E-state index contributed by atoms with van der Waals surface area (Å²) in [4.78, 5) is 0. The predicted molar refractivity (Wildman–Crippen MR) is 77.6 cm³/mol. The second-order valence-corrected chi connectivity index (χ2v) is 4.85. The largest absolute Gasteiger partial charge is 0.496 e. The molecule has 124 valence electrons. The summed E-state index contributed by atoms with van der Waals surface area (Å²) in [6.07, 6.45) is -4.73. The summed E-state index contributed by atoms with van der Waals surface area (Å²) in [6, 6.07) is 7.80. The fraction of sp³-hybridized carbons (Fsp3) is 0.250. The molecule has 7 heteroatoms. The van der Waals surface area contributed by atoms with Crippen molar-refractivity contribution < 1.29 is 27.4 Å². The number of rotatable bonds is 5. The number of alkyl halides is 3. The van der Waals surface area contributed by atoms with Crippen LogP contribution in [-0.2, 0) is 19.3 Å². The quantitative estimate of drug-likeness (QED) is 0.816. The molecule has 0 aliphatic carbocycles. The lowest BCUT2D eigenvalue weighted by atomic mass is 10.1. The first-order valence-electron chi connectivity index (χ1n) is 6.72. The van der Waals surface area contributed by atoms with Crippen molar-refractivity contribution in [3.05, 3.63) is 58.9 Å². The van der Waals surface area contributed by atoms with Crippen molar-refractivity contribution >= 4 is 5.69 Å². The summed E-state index contributed by atoms with van der Waals surface area (Å²) in [5.41, 5.74) is 0.156. The molecule has 3 nitrogen and oxygen atoms in total. The summed E-state index contributed by atoms with van der Waals surface area (Å²) >= 11 is 0. The van der Waals surface area contributed by atoms with Crippen molar-refractivity contribution in [2.75, 3.05) is 12.4 Å². The van der Waals surface area contributed by atoms with Crippen molar-refractivity contribution in [2.45, 2.75) is 19.3 Å². The Labute approximate surface area is 130 Å². The molecule has 23 heavy (non-hydrogen) atoms. The predicted octanol–water partition coefficient (Wildman–Crippen LogP) is 3.96. The second-order valence-electron chi connectivity index (χ2n) is 4.85. The van der Waals surface area contributed by atoms with Crippen molar-refractivity contribution in [3.63, 3.8) is 0 Å². The maximum Gasteiger partial charge on any atom is 0.419 e. The van der Waals surface area contributed by atoms with Crippen LogP contribution in [0.3, 0.4) is 0 Å². The molecule has 0 saturated carbocycles. The molecule has 0 unspecified atom stereocenters. The van der Waals surface area contributed by atoms with E-state index in [-0.39, 0.29) is 13.2 Å². The van der Waals surface area contributed by atoms with Crippen LogP contribution >= 0.6 is 0 Å². The van der Waals surface area contributed by atoms with Crippen molar-refractivity contribution in [2.24, 2.45) is 0 Å². The number of aliphatic hydroxyl groups is 1. The summed E-state index contributed by atoms with van der Waals surface area (Å²) < 4.78 is 56.3. The standard InChI is InChI=1S/C16H15F4NO2/c1-23-15-5-3-12(7-11(15)9-22)21-8-10-2-4-14(17)13(6-10)16(18,19)20/h2-7,21-22H,8-9H2,1H3. The highest BCUT2D eigenvalue weighted by atomic mass is 19.4. The van der Waals surface area contributed by atoms with Crippen LogP contribution < -0.4 is 10.1 Å².